The van der Waals surface area contributed by atoms with E-state index in [1.807, 2.05) is 19.9 Å². The molecule has 0 atom stereocenters. The number of anilines is 2. The molecule has 0 spiro atoms. The first-order valence-electron chi connectivity index (χ1n) is 13.3. The van der Waals surface area contributed by atoms with Crippen LogP contribution in [0.15, 0.2) is 55.2 Å². The second kappa shape index (κ2) is 12.0. The van der Waals surface area contributed by atoms with Gasteiger partial charge >= 0.3 is 12.1 Å². The van der Waals surface area contributed by atoms with Gasteiger partial charge in [0.15, 0.2) is 5.82 Å². The lowest BCUT2D eigenvalue weighted by atomic mass is 10.1. The van der Waals surface area contributed by atoms with E-state index < -0.39 is 24.8 Å². The maximum atomic E-state index is 13.7. The molecule has 1 aliphatic carbocycles. The minimum atomic E-state index is -0.918. The van der Waals surface area contributed by atoms with Gasteiger partial charge in [-0.3, -0.25) is 14.6 Å². The van der Waals surface area contributed by atoms with E-state index in [2.05, 4.69) is 25.7 Å². The third-order valence-corrected chi connectivity index (χ3v) is 6.74. The highest BCUT2D eigenvalue weighted by Gasteiger charge is 2.40. The number of carbonyl (C=O) groups excluding carboxylic acids is 4. The summed E-state index contributed by atoms with van der Waals surface area (Å²) in [4.78, 5) is 60.4. The molecule has 1 saturated carbocycles. The maximum Gasteiger partial charge on any atom is 0.419 e. The molecule has 2 N–H and O–H groups in total. The quantitative estimate of drug-likeness (QED) is 0.224. The predicted octanol–water partition coefficient (Wildman–Crippen LogP) is 3.79. The van der Waals surface area contributed by atoms with Gasteiger partial charge in [0, 0.05) is 42.4 Å². The molecule has 42 heavy (non-hydrogen) atoms. The van der Waals surface area contributed by atoms with Gasteiger partial charge in [0.2, 0.25) is 6.79 Å². The van der Waals surface area contributed by atoms with Crippen LogP contribution >= 0.6 is 0 Å². The molecule has 4 aromatic rings. The maximum absolute atomic E-state index is 13.7. The van der Waals surface area contributed by atoms with Crippen molar-refractivity contribution in [3.8, 4) is 0 Å². The number of esters is 1. The number of fused-ring (bicyclic) bond motifs is 1. The predicted molar refractivity (Wildman–Crippen MR) is 150 cm³/mol. The summed E-state index contributed by atoms with van der Waals surface area (Å²) in [5.41, 5.74) is 3.55. The number of aromatic nitrogens is 4. The summed E-state index contributed by atoms with van der Waals surface area (Å²) in [5.74, 6) is -1.05. The van der Waals surface area contributed by atoms with Crippen molar-refractivity contribution in [2.24, 2.45) is 0 Å². The van der Waals surface area contributed by atoms with Gasteiger partial charge in [0.05, 0.1) is 11.1 Å². The first-order valence-corrected chi connectivity index (χ1v) is 13.3. The average molecular weight is 572 g/mol. The summed E-state index contributed by atoms with van der Waals surface area (Å²) in [6, 6.07) is 8.07. The third-order valence-electron chi connectivity index (χ3n) is 6.74. The van der Waals surface area contributed by atoms with E-state index in [0.29, 0.717) is 47.5 Å². The van der Waals surface area contributed by atoms with E-state index in [-0.39, 0.29) is 23.1 Å². The Hall–Kier alpha value is -5.33. The van der Waals surface area contributed by atoms with Crippen LogP contribution in [0.5, 0.6) is 0 Å². The number of ether oxygens (including phenoxy) is 2. The standard InChI is InChI=1S/C29H29N7O6/c1-4-31-26(37)19-8-7-17(2)23(12-19)34-25-24-18(3)22(14-35(24)33-15-32-25)27(38)36(21-9-10-21)29(40)42-16-41-28(39)20-6-5-11-30-13-20/h5-8,11-15,21H,4,9-10,16H2,1-3H3,(H,31,37)(H,32,33,34). The highest BCUT2D eigenvalue weighted by Crippen LogP contribution is 2.32. The van der Waals surface area contributed by atoms with E-state index >= 15 is 0 Å². The summed E-state index contributed by atoms with van der Waals surface area (Å²) >= 11 is 0. The van der Waals surface area contributed by atoms with Crippen LogP contribution in [-0.2, 0) is 9.47 Å². The molecule has 0 saturated heterocycles. The fourth-order valence-electron chi connectivity index (χ4n) is 4.39. The minimum absolute atomic E-state index is 0.195. The molecule has 3 heterocycles. The number of amides is 3. The van der Waals surface area contributed by atoms with Crippen molar-refractivity contribution in [3.05, 3.63) is 83.1 Å². The van der Waals surface area contributed by atoms with Gasteiger partial charge in [-0.2, -0.15) is 5.10 Å². The lowest BCUT2D eigenvalue weighted by Crippen LogP contribution is -2.39. The molecule has 216 valence electrons. The Labute approximate surface area is 240 Å². The van der Waals surface area contributed by atoms with Crippen molar-refractivity contribution < 1.29 is 28.7 Å². The molecule has 1 aromatic carbocycles. The number of nitrogens with zero attached hydrogens (tertiary/aromatic N) is 5. The summed E-state index contributed by atoms with van der Waals surface area (Å²) in [7, 11) is 0. The Morgan fingerprint density at radius 1 is 1.10 bits per heavy atom. The lowest BCUT2D eigenvalue weighted by molar-refractivity contribution is -0.0111. The Bertz CT molecular complexity index is 1670. The zero-order valence-corrected chi connectivity index (χ0v) is 23.3. The SMILES string of the molecule is CCNC(=O)c1ccc(C)c(Nc2ncnn3cc(C(=O)N(C(=O)OCOC(=O)c4cccnc4)C4CC4)c(C)c23)c1. The van der Waals surface area contributed by atoms with Crippen molar-refractivity contribution >= 4 is 40.9 Å². The van der Waals surface area contributed by atoms with Crippen LogP contribution < -0.4 is 10.6 Å². The first kappa shape index (κ1) is 28.2. The van der Waals surface area contributed by atoms with Crippen molar-refractivity contribution in [2.45, 2.75) is 39.7 Å². The molecule has 0 radical (unpaired) electrons. The van der Waals surface area contributed by atoms with Crippen molar-refractivity contribution in [1.82, 2.24) is 29.8 Å². The van der Waals surface area contributed by atoms with Crippen LogP contribution in [0.4, 0.5) is 16.3 Å². The highest BCUT2D eigenvalue weighted by atomic mass is 16.7. The fraction of sp³-hybridized carbons (Fsp3) is 0.276. The van der Waals surface area contributed by atoms with Crippen LogP contribution in [0.3, 0.4) is 0 Å². The molecule has 0 bridgehead atoms. The van der Waals surface area contributed by atoms with Gasteiger partial charge in [-0.1, -0.05) is 6.07 Å². The summed E-state index contributed by atoms with van der Waals surface area (Å²) in [6.07, 6.45) is 6.07. The van der Waals surface area contributed by atoms with Gasteiger partial charge in [-0.05, 0) is 69.0 Å². The molecule has 5 rings (SSSR count). The Morgan fingerprint density at radius 3 is 2.62 bits per heavy atom. The first-order chi connectivity index (χ1) is 20.3. The summed E-state index contributed by atoms with van der Waals surface area (Å²) in [6.45, 7) is 5.33. The highest BCUT2D eigenvalue weighted by molar-refractivity contribution is 6.06. The number of benzene rings is 1. The summed E-state index contributed by atoms with van der Waals surface area (Å²) in [5, 5.41) is 10.3. The van der Waals surface area contributed by atoms with Crippen molar-refractivity contribution in [3.63, 3.8) is 0 Å². The molecular formula is C29H29N7O6. The van der Waals surface area contributed by atoms with Crippen LogP contribution in [0.1, 0.15) is 62.0 Å². The van der Waals surface area contributed by atoms with Gasteiger partial charge < -0.3 is 20.1 Å². The molecule has 1 fully saturated rings. The van der Waals surface area contributed by atoms with Crippen LogP contribution in [0.2, 0.25) is 0 Å². The molecule has 13 nitrogen and oxygen atoms in total. The Morgan fingerprint density at radius 2 is 1.90 bits per heavy atom. The van der Waals surface area contributed by atoms with Gasteiger partial charge in [0.1, 0.15) is 11.8 Å². The van der Waals surface area contributed by atoms with Gasteiger partial charge in [-0.25, -0.2) is 24.0 Å². The second-order valence-electron chi connectivity index (χ2n) is 9.69. The third kappa shape index (κ3) is 5.89. The second-order valence-corrected chi connectivity index (χ2v) is 9.69. The smallest absolute Gasteiger partial charge is 0.419 e. The number of hydrogen-bond acceptors (Lipinski definition) is 10. The number of pyridine rings is 1. The zero-order valence-electron chi connectivity index (χ0n) is 23.3. The number of nitrogens with one attached hydrogen (secondary N) is 2. The minimum Gasteiger partial charge on any atom is -0.424 e. The molecule has 0 aliphatic heterocycles. The molecule has 13 heteroatoms. The number of hydrogen-bond donors (Lipinski definition) is 2. The van der Waals surface area contributed by atoms with E-state index in [9.17, 15) is 19.2 Å². The van der Waals surface area contributed by atoms with E-state index in [0.717, 1.165) is 10.5 Å². The molecular weight excluding hydrogens is 542 g/mol. The molecule has 0 unspecified atom stereocenters. The zero-order chi connectivity index (χ0) is 29.8. The van der Waals surface area contributed by atoms with E-state index in [4.69, 9.17) is 9.47 Å². The topological polar surface area (TPSA) is 157 Å². The monoisotopic (exact) mass is 571 g/mol. The normalized spacial score (nSPS) is 12.5. The van der Waals surface area contributed by atoms with Gasteiger partial charge in [0.25, 0.3) is 11.8 Å². The number of rotatable bonds is 9. The molecule has 3 amide bonds. The molecule has 1 aliphatic rings. The lowest BCUT2D eigenvalue weighted by Gasteiger charge is -2.19. The molecule has 3 aromatic heterocycles. The fourth-order valence-corrected chi connectivity index (χ4v) is 4.39. The number of aryl methyl sites for hydroxylation is 2. The average Bonchev–Trinajstić information content (AvgIpc) is 3.76. The largest absolute Gasteiger partial charge is 0.424 e. The van der Waals surface area contributed by atoms with Crippen molar-refractivity contribution in [2.75, 3.05) is 18.7 Å². The number of imide groups is 1. The van der Waals surface area contributed by atoms with E-state index in [1.54, 1.807) is 25.1 Å². The Balaban J connectivity index is 1.36. The van der Waals surface area contributed by atoms with E-state index in [1.165, 1.54) is 35.5 Å². The van der Waals surface area contributed by atoms with Crippen LogP contribution in [-0.4, -0.2) is 67.7 Å². The van der Waals surface area contributed by atoms with Crippen LogP contribution in [0, 0.1) is 13.8 Å². The number of carbonyl (C=O) groups is 4. The Kier molecular flexibility index (Phi) is 8.09. The van der Waals surface area contributed by atoms with Crippen LogP contribution in [0.25, 0.3) is 5.52 Å². The summed E-state index contributed by atoms with van der Waals surface area (Å²) < 4.78 is 11.7. The van der Waals surface area contributed by atoms with Gasteiger partial charge in [-0.15, -0.1) is 0 Å². The van der Waals surface area contributed by atoms with Crippen molar-refractivity contribution in [1.29, 1.82) is 0 Å².